The molecular weight excluding hydrogens is 366 g/mol. The van der Waals surface area contributed by atoms with Crippen molar-refractivity contribution in [2.24, 2.45) is 0 Å². The van der Waals surface area contributed by atoms with E-state index in [9.17, 15) is 8.78 Å². The lowest BCUT2D eigenvalue weighted by atomic mass is 10.0. The number of alkyl halides is 1. The molecule has 0 saturated heterocycles. The molecule has 0 saturated carbocycles. The zero-order valence-corrected chi connectivity index (χ0v) is 12.5. The quantitative estimate of drug-likeness (QED) is 0.629. The molecule has 0 spiro atoms. The highest BCUT2D eigenvalue weighted by atomic mass is 79.9. The summed E-state index contributed by atoms with van der Waals surface area (Å²) < 4.78 is 28.0. The molecule has 0 aliphatic heterocycles. The summed E-state index contributed by atoms with van der Waals surface area (Å²) in [6.07, 6.45) is 0.403. The second-order valence-corrected chi connectivity index (χ2v) is 5.95. The summed E-state index contributed by atoms with van der Waals surface area (Å²) in [5, 5.41) is 0. The zero-order valence-electron chi connectivity index (χ0n) is 9.34. The van der Waals surface area contributed by atoms with Gasteiger partial charge in [0.25, 0.3) is 0 Å². The van der Waals surface area contributed by atoms with E-state index in [1.807, 2.05) is 0 Å². The van der Waals surface area contributed by atoms with Gasteiger partial charge in [-0.15, -0.1) is 0 Å². The zero-order chi connectivity index (χ0) is 13.1. The standard InChI is InChI=1S/C14H10Br2F2/c15-10-5-6-14(18)11(8-10)12(16)7-9-3-1-2-4-13(9)17/h1-6,8,12H,7H2. The minimum absolute atomic E-state index is 0.258. The minimum atomic E-state index is -0.295. The maximum atomic E-state index is 13.7. The van der Waals surface area contributed by atoms with Crippen LogP contribution >= 0.6 is 31.9 Å². The van der Waals surface area contributed by atoms with Crippen LogP contribution in [0.2, 0.25) is 0 Å². The average Bonchev–Trinajstić information content (AvgIpc) is 2.35. The molecule has 2 rings (SSSR count). The van der Waals surface area contributed by atoms with Gasteiger partial charge in [0.1, 0.15) is 11.6 Å². The molecule has 0 fully saturated rings. The third kappa shape index (κ3) is 3.18. The van der Waals surface area contributed by atoms with E-state index < -0.39 is 0 Å². The Morgan fingerprint density at radius 1 is 1.00 bits per heavy atom. The van der Waals surface area contributed by atoms with Gasteiger partial charge in [-0.25, -0.2) is 8.78 Å². The second kappa shape index (κ2) is 5.93. The molecule has 94 valence electrons. The molecule has 0 aliphatic carbocycles. The van der Waals surface area contributed by atoms with Crippen molar-refractivity contribution >= 4 is 31.9 Å². The molecule has 0 amide bonds. The Morgan fingerprint density at radius 2 is 1.72 bits per heavy atom. The first-order valence-electron chi connectivity index (χ1n) is 5.40. The summed E-state index contributed by atoms with van der Waals surface area (Å²) in [5.41, 5.74) is 1.09. The van der Waals surface area contributed by atoms with E-state index in [1.165, 1.54) is 12.1 Å². The van der Waals surface area contributed by atoms with Crippen molar-refractivity contribution in [2.45, 2.75) is 11.2 Å². The lowest BCUT2D eigenvalue weighted by Crippen LogP contribution is -2.00. The number of halogens is 4. The van der Waals surface area contributed by atoms with E-state index in [-0.39, 0.29) is 16.5 Å². The summed E-state index contributed by atoms with van der Waals surface area (Å²) >= 11 is 6.72. The van der Waals surface area contributed by atoms with Crippen LogP contribution in [-0.4, -0.2) is 0 Å². The molecule has 0 aromatic heterocycles. The molecule has 1 unspecified atom stereocenters. The lowest BCUT2D eigenvalue weighted by Gasteiger charge is -2.12. The highest BCUT2D eigenvalue weighted by Gasteiger charge is 2.15. The molecule has 0 heterocycles. The fourth-order valence-electron chi connectivity index (χ4n) is 1.72. The fraction of sp³-hybridized carbons (Fsp3) is 0.143. The Balaban J connectivity index is 2.25. The van der Waals surface area contributed by atoms with Gasteiger partial charge in [0.2, 0.25) is 0 Å². The monoisotopic (exact) mass is 374 g/mol. The molecule has 0 N–H and O–H groups in total. The van der Waals surface area contributed by atoms with Crippen molar-refractivity contribution in [1.29, 1.82) is 0 Å². The van der Waals surface area contributed by atoms with Crippen LogP contribution in [0, 0.1) is 11.6 Å². The topological polar surface area (TPSA) is 0 Å². The van der Waals surface area contributed by atoms with E-state index in [0.29, 0.717) is 17.5 Å². The molecule has 4 heteroatoms. The van der Waals surface area contributed by atoms with Gasteiger partial charge in [0.05, 0.1) is 0 Å². The maximum Gasteiger partial charge on any atom is 0.127 e. The number of rotatable bonds is 3. The van der Waals surface area contributed by atoms with Crippen LogP contribution in [0.1, 0.15) is 16.0 Å². The van der Waals surface area contributed by atoms with E-state index in [1.54, 1.807) is 30.3 Å². The third-order valence-electron chi connectivity index (χ3n) is 2.65. The van der Waals surface area contributed by atoms with Gasteiger partial charge in [0.15, 0.2) is 0 Å². The second-order valence-electron chi connectivity index (χ2n) is 3.93. The first-order chi connectivity index (χ1) is 8.58. The van der Waals surface area contributed by atoms with Crippen LogP contribution in [0.15, 0.2) is 46.9 Å². The van der Waals surface area contributed by atoms with Gasteiger partial charge in [-0.2, -0.15) is 0 Å². The van der Waals surface area contributed by atoms with Crippen LogP contribution in [0.3, 0.4) is 0 Å². The Kier molecular flexibility index (Phi) is 4.51. The van der Waals surface area contributed by atoms with Crippen LogP contribution in [0.4, 0.5) is 8.78 Å². The molecule has 18 heavy (non-hydrogen) atoms. The largest absolute Gasteiger partial charge is 0.207 e. The van der Waals surface area contributed by atoms with Crippen molar-refractivity contribution in [3.8, 4) is 0 Å². The summed E-state index contributed by atoms with van der Waals surface area (Å²) in [7, 11) is 0. The maximum absolute atomic E-state index is 13.7. The van der Waals surface area contributed by atoms with Crippen molar-refractivity contribution in [2.75, 3.05) is 0 Å². The smallest absolute Gasteiger partial charge is 0.127 e. The van der Waals surface area contributed by atoms with Crippen molar-refractivity contribution < 1.29 is 8.78 Å². The minimum Gasteiger partial charge on any atom is -0.207 e. The Bertz CT molecular complexity index is 555. The molecule has 2 aromatic carbocycles. The van der Waals surface area contributed by atoms with Gasteiger partial charge in [-0.3, -0.25) is 0 Å². The SMILES string of the molecule is Fc1ccccc1CC(Br)c1cc(Br)ccc1F. The number of benzene rings is 2. The summed E-state index contributed by atoms with van der Waals surface area (Å²) in [4.78, 5) is -0.258. The number of hydrogen-bond acceptors (Lipinski definition) is 0. The molecule has 0 aliphatic rings. The Labute approximate surface area is 121 Å². The highest BCUT2D eigenvalue weighted by Crippen LogP contribution is 2.31. The first-order valence-corrected chi connectivity index (χ1v) is 7.11. The normalized spacial score (nSPS) is 12.4. The molecular formula is C14H10Br2F2. The first kappa shape index (κ1) is 13.7. The van der Waals surface area contributed by atoms with Gasteiger partial charge in [-0.1, -0.05) is 50.1 Å². The molecule has 2 aromatic rings. The average molecular weight is 376 g/mol. The van der Waals surface area contributed by atoms with Crippen molar-refractivity contribution in [3.05, 3.63) is 69.7 Å². The predicted molar refractivity (Wildman–Crippen MR) is 75.9 cm³/mol. The van der Waals surface area contributed by atoms with E-state index in [4.69, 9.17) is 0 Å². The Morgan fingerprint density at radius 3 is 2.44 bits per heavy atom. The van der Waals surface area contributed by atoms with Crippen molar-refractivity contribution in [3.63, 3.8) is 0 Å². The highest BCUT2D eigenvalue weighted by molar-refractivity contribution is 9.10. The van der Waals surface area contributed by atoms with Crippen LogP contribution in [0.5, 0.6) is 0 Å². The van der Waals surface area contributed by atoms with E-state index >= 15 is 0 Å². The molecule has 1 atom stereocenters. The number of hydrogen-bond donors (Lipinski definition) is 0. The molecule has 0 nitrogen and oxygen atoms in total. The van der Waals surface area contributed by atoms with Gasteiger partial charge in [-0.05, 0) is 36.2 Å². The van der Waals surface area contributed by atoms with Gasteiger partial charge >= 0.3 is 0 Å². The van der Waals surface area contributed by atoms with Crippen LogP contribution in [-0.2, 0) is 6.42 Å². The third-order valence-corrected chi connectivity index (χ3v) is 3.96. The van der Waals surface area contributed by atoms with Crippen LogP contribution < -0.4 is 0 Å². The van der Waals surface area contributed by atoms with Gasteiger partial charge < -0.3 is 0 Å². The summed E-state index contributed by atoms with van der Waals surface area (Å²) in [6.45, 7) is 0. The van der Waals surface area contributed by atoms with Gasteiger partial charge in [0, 0.05) is 14.9 Å². The summed E-state index contributed by atoms with van der Waals surface area (Å²) in [5.74, 6) is -0.561. The predicted octanol–water partition coefficient (Wildman–Crippen LogP) is 5.41. The fourth-order valence-corrected chi connectivity index (χ4v) is 2.80. The lowest BCUT2D eigenvalue weighted by molar-refractivity contribution is 0.594. The Hall–Kier alpha value is -0.740. The molecule has 0 radical (unpaired) electrons. The van der Waals surface area contributed by atoms with E-state index in [2.05, 4.69) is 31.9 Å². The van der Waals surface area contributed by atoms with Crippen molar-refractivity contribution in [1.82, 2.24) is 0 Å². The van der Waals surface area contributed by atoms with Crippen LogP contribution in [0.25, 0.3) is 0 Å². The van der Waals surface area contributed by atoms with E-state index in [0.717, 1.165) is 4.47 Å². The summed E-state index contributed by atoms with van der Waals surface area (Å²) in [6, 6.07) is 11.3. The molecule has 0 bridgehead atoms.